The number of hydrogen-bond acceptors (Lipinski definition) is 2. The summed E-state index contributed by atoms with van der Waals surface area (Å²) in [5.74, 6) is -4.79. The lowest BCUT2D eigenvalue weighted by Gasteiger charge is -2.19. The van der Waals surface area contributed by atoms with Crippen LogP contribution < -0.4 is 0 Å². The van der Waals surface area contributed by atoms with Gasteiger partial charge in [-0.05, 0) is 18.6 Å². The first-order valence-electron chi connectivity index (χ1n) is 6.08. The second-order valence-electron chi connectivity index (χ2n) is 4.74. The average molecular weight is 366 g/mol. The summed E-state index contributed by atoms with van der Waals surface area (Å²) in [6.45, 7) is -0.254. The molecule has 1 unspecified atom stereocenters. The van der Waals surface area contributed by atoms with Gasteiger partial charge in [-0.15, -0.1) is 0 Å². The van der Waals surface area contributed by atoms with Crippen molar-refractivity contribution >= 4 is 27.8 Å². The minimum Gasteiger partial charge on any atom is -0.465 e. The Hall–Kier alpha value is -1.57. The van der Waals surface area contributed by atoms with Gasteiger partial charge in [0.15, 0.2) is 17.4 Å². The van der Waals surface area contributed by atoms with Gasteiger partial charge in [0.05, 0.1) is 11.4 Å². The van der Waals surface area contributed by atoms with Crippen molar-refractivity contribution in [1.29, 1.82) is 0 Å². The zero-order valence-corrected chi connectivity index (χ0v) is 12.2. The Labute approximate surface area is 126 Å². The van der Waals surface area contributed by atoms with Crippen LogP contribution in [-0.4, -0.2) is 39.8 Å². The molecule has 8 heteroatoms. The number of ketones is 1. The predicted molar refractivity (Wildman–Crippen MR) is 71.0 cm³/mol. The second-order valence-corrected chi connectivity index (χ2v) is 5.30. The summed E-state index contributed by atoms with van der Waals surface area (Å²) in [7, 11) is 0. The number of carbonyl (C=O) groups is 2. The lowest BCUT2D eigenvalue weighted by Crippen LogP contribution is -2.40. The average Bonchev–Trinajstić information content (AvgIpc) is 2.87. The summed E-state index contributed by atoms with van der Waals surface area (Å²) in [5, 5.41) is 9.02. The molecule has 4 nitrogen and oxygen atoms in total. The lowest BCUT2D eigenvalue weighted by atomic mass is 9.94. The van der Waals surface area contributed by atoms with E-state index in [4.69, 9.17) is 5.11 Å². The number of rotatable bonds is 3. The topological polar surface area (TPSA) is 57.6 Å². The van der Waals surface area contributed by atoms with E-state index >= 15 is 0 Å². The largest absolute Gasteiger partial charge is 0.465 e. The Morgan fingerprint density at radius 1 is 1.29 bits per heavy atom. The number of nitrogens with zero attached hydrogens (tertiary/aromatic N) is 1. The van der Waals surface area contributed by atoms with Crippen LogP contribution in [0.2, 0.25) is 0 Å². The highest BCUT2D eigenvalue weighted by molar-refractivity contribution is 9.09. The highest BCUT2D eigenvalue weighted by atomic mass is 79.9. The zero-order valence-electron chi connectivity index (χ0n) is 10.7. The van der Waals surface area contributed by atoms with Crippen molar-refractivity contribution in [3.05, 3.63) is 35.1 Å². The third kappa shape index (κ3) is 2.90. The van der Waals surface area contributed by atoms with Crippen LogP contribution >= 0.6 is 15.9 Å². The molecule has 0 spiro atoms. The highest BCUT2D eigenvalue weighted by Gasteiger charge is 2.41. The van der Waals surface area contributed by atoms with Crippen LogP contribution in [0.25, 0.3) is 0 Å². The summed E-state index contributed by atoms with van der Waals surface area (Å²) < 4.78 is 40.8. The minimum atomic E-state index is -1.35. The van der Waals surface area contributed by atoms with E-state index in [1.165, 1.54) is 0 Å². The zero-order chi connectivity index (χ0) is 15.7. The Morgan fingerprint density at radius 3 is 2.48 bits per heavy atom. The van der Waals surface area contributed by atoms with E-state index in [0.29, 0.717) is 6.07 Å². The van der Waals surface area contributed by atoms with Gasteiger partial charge in [0.25, 0.3) is 0 Å². The quantitative estimate of drug-likeness (QED) is 0.661. The van der Waals surface area contributed by atoms with Crippen LogP contribution in [0.1, 0.15) is 17.9 Å². The molecular formula is C13H11BrF3NO3. The molecule has 1 fully saturated rings. The fourth-order valence-corrected chi connectivity index (χ4v) is 2.94. The SMILES string of the molecule is O=C(CBr)C1C[C@H](c2c(F)ccc(F)c2F)CN1C(=O)O. The van der Waals surface area contributed by atoms with Crippen molar-refractivity contribution in [2.75, 3.05) is 11.9 Å². The van der Waals surface area contributed by atoms with E-state index in [-0.39, 0.29) is 18.3 Å². The van der Waals surface area contributed by atoms with Crippen LogP contribution in [0.4, 0.5) is 18.0 Å². The van der Waals surface area contributed by atoms with Gasteiger partial charge in [-0.2, -0.15) is 0 Å². The van der Waals surface area contributed by atoms with Gasteiger partial charge >= 0.3 is 6.09 Å². The van der Waals surface area contributed by atoms with Gasteiger partial charge in [-0.3, -0.25) is 9.69 Å². The van der Waals surface area contributed by atoms with E-state index in [2.05, 4.69) is 15.9 Å². The summed E-state index contributed by atoms with van der Waals surface area (Å²) in [6.07, 6.45) is -1.43. The first kappa shape index (κ1) is 15.8. The maximum atomic E-state index is 13.8. The van der Waals surface area contributed by atoms with Crippen molar-refractivity contribution in [2.24, 2.45) is 0 Å². The maximum absolute atomic E-state index is 13.8. The summed E-state index contributed by atoms with van der Waals surface area (Å²) in [5.41, 5.74) is -0.508. The number of halogens is 4. The van der Waals surface area contributed by atoms with E-state index in [0.717, 1.165) is 11.0 Å². The van der Waals surface area contributed by atoms with Gasteiger partial charge in [-0.25, -0.2) is 18.0 Å². The number of alkyl halides is 1. The molecular weight excluding hydrogens is 355 g/mol. The molecule has 0 aliphatic carbocycles. The van der Waals surface area contributed by atoms with Gasteiger partial charge in [0.2, 0.25) is 0 Å². The molecule has 2 atom stereocenters. The fraction of sp³-hybridized carbons (Fsp3) is 0.385. The molecule has 1 aromatic rings. The molecule has 1 aliphatic rings. The van der Waals surface area contributed by atoms with Crippen molar-refractivity contribution in [3.8, 4) is 0 Å². The molecule has 114 valence electrons. The summed E-state index contributed by atoms with van der Waals surface area (Å²) in [6, 6.07) is 0.464. The van der Waals surface area contributed by atoms with Crippen molar-refractivity contribution in [1.82, 2.24) is 4.90 Å². The molecule has 2 rings (SSSR count). The van der Waals surface area contributed by atoms with E-state index in [1.54, 1.807) is 0 Å². The Balaban J connectivity index is 2.38. The number of carbonyl (C=O) groups excluding carboxylic acids is 1. The number of hydrogen-bond donors (Lipinski definition) is 1. The second kappa shape index (κ2) is 6.05. The van der Waals surface area contributed by atoms with Gasteiger partial charge in [0.1, 0.15) is 5.82 Å². The molecule has 0 radical (unpaired) electrons. The van der Waals surface area contributed by atoms with E-state index in [9.17, 15) is 22.8 Å². The maximum Gasteiger partial charge on any atom is 0.407 e. The normalized spacial score (nSPS) is 21.6. The molecule has 21 heavy (non-hydrogen) atoms. The molecule has 1 saturated heterocycles. The predicted octanol–water partition coefficient (Wildman–Crippen LogP) is 2.90. The third-order valence-corrected chi connectivity index (χ3v) is 4.09. The number of benzene rings is 1. The number of carboxylic acid groups (broad SMARTS) is 1. The Bertz CT molecular complexity index is 596. The highest BCUT2D eigenvalue weighted by Crippen LogP contribution is 2.35. The fourth-order valence-electron chi connectivity index (χ4n) is 2.57. The van der Waals surface area contributed by atoms with Crippen LogP contribution in [0, 0.1) is 17.5 Å². The molecule has 1 aromatic carbocycles. The third-order valence-electron chi connectivity index (χ3n) is 3.54. The standard InChI is InChI=1S/C13H11BrF3NO3/c14-4-10(19)9-3-6(5-18(9)13(20)21)11-7(15)1-2-8(16)12(11)17/h1-2,6,9H,3-5H2,(H,20,21)/t6-,9?/m0/s1. The Morgan fingerprint density at radius 2 is 1.90 bits per heavy atom. The van der Waals surface area contributed by atoms with Gasteiger partial charge in [-0.1, -0.05) is 15.9 Å². The number of likely N-dealkylation sites (tertiary alicyclic amines) is 1. The van der Waals surface area contributed by atoms with Crippen LogP contribution in [0.3, 0.4) is 0 Å². The van der Waals surface area contributed by atoms with Gasteiger partial charge in [0, 0.05) is 18.0 Å². The lowest BCUT2D eigenvalue weighted by molar-refractivity contribution is -0.120. The van der Waals surface area contributed by atoms with Gasteiger partial charge < -0.3 is 5.11 Å². The summed E-state index contributed by atoms with van der Waals surface area (Å²) in [4.78, 5) is 23.7. The molecule has 0 bridgehead atoms. The smallest absolute Gasteiger partial charge is 0.407 e. The van der Waals surface area contributed by atoms with Crippen LogP contribution in [-0.2, 0) is 4.79 Å². The minimum absolute atomic E-state index is 0.0672. The number of Topliss-reactive ketones (excluding diaryl/α,β-unsaturated/α-hetero) is 1. The molecule has 1 N–H and O–H groups in total. The molecule has 1 amide bonds. The Kier molecular flexibility index (Phi) is 4.55. The van der Waals surface area contributed by atoms with Crippen LogP contribution in [0.5, 0.6) is 0 Å². The first-order chi connectivity index (χ1) is 9.86. The molecule has 1 heterocycles. The first-order valence-corrected chi connectivity index (χ1v) is 7.20. The van der Waals surface area contributed by atoms with E-state index in [1.807, 2.05) is 0 Å². The van der Waals surface area contributed by atoms with Crippen LogP contribution in [0.15, 0.2) is 12.1 Å². The molecule has 0 aromatic heterocycles. The number of amides is 1. The van der Waals surface area contributed by atoms with Crippen molar-refractivity contribution in [3.63, 3.8) is 0 Å². The van der Waals surface area contributed by atoms with E-state index < -0.39 is 46.9 Å². The van der Waals surface area contributed by atoms with Crippen molar-refractivity contribution in [2.45, 2.75) is 18.4 Å². The molecule has 1 aliphatic heterocycles. The molecule has 0 saturated carbocycles. The monoisotopic (exact) mass is 365 g/mol. The van der Waals surface area contributed by atoms with Crippen molar-refractivity contribution < 1.29 is 27.9 Å². The summed E-state index contributed by atoms with van der Waals surface area (Å²) >= 11 is 2.94.